The van der Waals surface area contributed by atoms with E-state index in [1.165, 1.54) is 18.2 Å². The van der Waals surface area contributed by atoms with Gasteiger partial charge in [-0.1, -0.05) is 11.6 Å². The molecule has 23 heavy (non-hydrogen) atoms. The first-order valence-electron chi connectivity index (χ1n) is 6.82. The van der Waals surface area contributed by atoms with Gasteiger partial charge in [-0.25, -0.2) is 13.1 Å². The Bertz CT molecular complexity index is 649. The van der Waals surface area contributed by atoms with Crippen LogP contribution < -0.4 is 20.5 Å². The minimum atomic E-state index is -3.80. The molecule has 0 aromatic heterocycles. The van der Waals surface area contributed by atoms with E-state index in [-0.39, 0.29) is 40.7 Å². The van der Waals surface area contributed by atoms with E-state index in [2.05, 4.69) is 10.0 Å². The van der Waals surface area contributed by atoms with Crippen LogP contribution in [-0.4, -0.2) is 40.1 Å². The molecule has 0 bridgehead atoms. The number of nitrogens with two attached hydrogens (primary N) is 1. The van der Waals surface area contributed by atoms with Crippen molar-refractivity contribution in [2.24, 2.45) is 5.73 Å². The normalized spacial score (nSPS) is 17.5. The van der Waals surface area contributed by atoms with Crippen molar-refractivity contribution in [1.82, 2.24) is 10.0 Å². The van der Waals surface area contributed by atoms with Crippen LogP contribution in [0, 0.1) is 0 Å². The molecule has 1 aliphatic heterocycles. The molecule has 0 aliphatic carbocycles. The minimum Gasteiger partial charge on any atom is -0.482 e. The molecule has 0 radical (unpaired) electrons. The van der Waals surface area contributed by atoms with Gasteiger partial charge in [0.2, 0.25) is 10.0 Å². The fraction of sp³-hybridized carbons (Fsp3) is 0.462. The van der Waals surface area contributed by atoms with Gasteiger partial charge in [0.05, 0.1) is 0 Å². The molecule has 130 valence electrons. The highest BCUT2D eigenvalue weighted by atomic mass is 35.5. The molecule has 1 aromatic carbocycles. The molecule has 1 atom stereocenters. The third-order valence-electron chi connectivity index (χ3n) is 3.25. The molecule has 7 nitrogen and oxygen atoms in total. The third-order valence-corrected chi connectivity index (χ3v) is 4.93. The summed E-state index contributed by atoms with van der Waals surface area (Å²) in [5, 5.41) is 3.46. The number of carbonyl (C=O) groups excluding carboxylic acids is 1. The maximum atomic E-state index is 12.4. The number of amides is 1. The van der Waals surface area contributed by atoms with Gasteiger partial charge < -0.3 is 15.8 Å². The van der Waals surface area contributed by atoms with Gasteiger partial charge in [-0.05, 0) is 37.6 Å². The number of primary amides is 1. The number of hydrogen-bond donors (Lipinski definition) is 3. The molecule has 1 aliphatic rings. The van der Waals surface area contributed by atoms with Gasteiger partial charge in [-0.15, -0.1) is 12.4 Å². The highest BCUT2D eigenvalue weighted by Crippen LogP contribution is 2.27. The summed E-state index contributed by atoms with van der Waals surface area (Å²) >= 11 is 5.86. The predicted molar refractivity (Wildman–Crippen MR) is 89.6 cm³/mol. The van der Waals surface area contributed by atoms with Crippen LogP contribution in [0.25, 0.3) is 0 Å². The first-order valence-corrected chi connectivity index (χ1v) is 8.68. The van der Waals surface area contributed by atoms with Crippen LogP contribution in [0.3, 0.4) is 0 Å². The summed E-state index contributed by atoms with van der Waals surface area (Å²) in [4.78, 5) is 10.7. The zero-order valence-corrected chi connectivity index (χ0v) is 14.6. The zero-order valence-electron chi connectivity index (χ0n) is 12.2. The van der Waals surface area contributed by atoms with E-state index < -0.39 is 22.5 Å². The van der Waals surface area contributed by atoms with Crippen LogP contribution in [0.5, 0.6) is 5.75 Å². The van der Waals surface area contributed by atoms with Crippen LogP contribution in [0.1, 0.15) is 12.8 Å². The zero-order chi connectivity index (χ0) is 16.2. The lowest BCUT2D eigenvalue weighted by molar-refractivity contribution is -0.120. The molecule has 4 N–H and O–H groups in total. The number of carbonyl (C=O) groups is 1. The number of ether oxygens (including phenoxy) is 1. The quantitative estimate of drug-likeness (QED) is 0.640. The first kappa shape index (κ1) is 20.0. The van der Waals surface area contributed by atoms with Crippen LogP contribution in [0.4, 0.5) is 0 Å². The summed E-state index contributed by atoms with van der Waals surface area (Å²) < 4.78 is 32.5. The van der Waals surface area contributed by atoms with Crippen molar-refractivity contribution in [3.05, 3.63) is 23.2 Å². The molecular weight excluding hydrogens is 365 g/mol. The standard InChI is InChI=1S/C13H18ClN3O4S.ClH/c14-9-3-4-11(21-8-13(15)18)12(6-9)22(19,20)17-7-10-2-1-5-16-10;/h3-4,6,10,16-17H,1-2,5,7-8H2,(H2,15,18);1H. The second kappa shape index (κ2) is 8.70. The Morgan fingerprint density at radius 3 is 2.83 bits per heavy atom. The lowest BCUT2D eigenvalue weighted by atomic mass is 10.2. The van der Waals surface area contributed by atoms with Crippen molar-refractivity contribution in [3.8, 4) is 5.75 Å². The molecule has 0 saturated carbocycles. The Kier molecular flexibility index (Phi) is 7.56. The van der Waals surface area contributed by atoms with E-state index >= 15 is 0 Å². The van der Waals surface area contributed by atoms with Crippen molar-refractivity contribution in [1.29, 1.82) is 0 Å². The summed E-state index contributed by atoms with van der Waals surface area (Å²) in [7, 11) is -3.80. The summed E-state index contributed by atoms with van der Waals surface area (Å²) in [5.74, 6) is -0.656. The number of hydrogen-bond acceptors (Lipinski definition) is 5. The van der Waals surface area contributed by atoms with Crippen LogP contribution in [0.2, 0.25) is 5.02 Å². The van der Waals surface area contributed by atoms with Gasteiger partial charge in [0, 0.05) is 17.6 Å². The van der Waals surface area contributed by atoms with Crippen LogP contribution in [0.15, 0.2) is 23.1 Å². The van der Waals surface area contributed by atoms with Crippen molar-refractivity contribution in [3.63, 3.8) is 0 Å². The lowest BCUT2D eigenvalue weighted by Crippen LogP contribution is -2.37. The highest BCUT2D eigenvalue weighted by Gasteiger charge is 2.23. The van der Waals surface area contributed by atoms with E-state index in [0.29, 0.717) is 0 Å². The van der Waals surface area contributed by atoms with E-state index in [1.807, 2.05) is 0 Å². The maximum absolute atomic E-state index is 12.4. The third kappa shape index (κ3) is 5.82. The summed E-state index contributed by atoms with van der Waals surface area (Å²) in [6, 6.07) is 4.27. The van der Waals surface area contributed by atoms with Crippen molar-refractivity contribution < 1.29 is 17.9 Å². The molecule has 1 fully saturated rings. The Morgan fingerprint density at radius 1 is 1.48 bits per heavy atom. The average molecular weight is 384 g/mol. The number of halogens is 2. The second-order valence-electron chi connectivity index (χ2n) is 4.99. The monoisotopic (exact) mass is 383 g/mol. The van der Waals surface area contributed by atoms with Crippen molar-refractivity contribution in [2.45, 2.75) is 23.8 Å². The number of nitrogens with one attached hydrogen (secondary N) is 2. The fourth-order valence-electron chi connectivity index (χ4n) is 2.18. The minimum absolute atomic E-state index is 0. The number of rotatable bonds is 7. The van der Waals surface area contributed by atoms with Gasteiger partial charge >= 0.3 is 0 Å². The first-order chi connectivity index (χ1) is 10.4. The number of benzene rings is 1. The molecule has 2 rings (SSSR count). The summed E-state index contributed by atoms with van der Waals surface area (Å²) in [6.07, 6.45) is 1.94. The SMILES string of the molecule is Cl.NC(=O)COc1ccc(Cl)cc1S(=O)(=O)NCC1CCCN1. The molecule has 1 heterocycles. The van der Waals surface area contributed by atoms with E-state index in [9.17, 15) is 13.2 Å². The fourth-order valence-corrected chi connectivity index (χ4v) is 3.67. The lowest BCUT2D eigenvalue weighted by Gasteiger charge is -2.15. The van der Waals surface area contributed by atoms with Gasteiger partial charge in [0.15, 0.2) is 6.61 Å². The average Bonchev–Trinajstić information content (AvgIpc) is 2.97. The predicted octanol–water partition coefficient (Wildman–Crippen LogP) is 0.656. The van der Waals surface area contributed by atoms with Crippen LogP contribution in [-0.2, 0) is 14.8 Å². The Labute approximate surface area is 146 Å². The highest BCUT2D eigenvalue weighted by molar-refractivity contribution is 7.89. The topological polar surface area (TPSA) is 111 Å². The van der Waals surface area contributed by atoms with Gasteiger partial charge in [-0.2, -0.15) is 0 Å². The Morgan fingerprint density at radius 2 is 2.22 bits per heavy atom. The molecule has 1 amide bonds. The molecular formula is C13H19Cl2N3O4S. The Balaban J connectivity index is 0.00000264. The van der Waals surface area contributed by atoms with Crippen LogP contribution >= 0.6 is 24.0 Å². The van der Waals surface area contributed by atoms with Gasteiger partial charge in [0.25, 0.3) is 5.91 Å². The van der Waals surface area contributed by atoms with Crippen molar-refractivity contribution >= 4 is 39.9 Å². The van der Waals surface area contributed by atoms with E-state index in [4.69, 9.17) is 22.1 Å². The van der Waals surface area contributed by atoms with Gasteiger partial charge in [0.1, 0.15) is 10.6 Å². The largest absolute Gasteiger partial charge is 0.482 e. The maximum Gasteiger partial charge on any atom is 0.255 e. The molecule has 1 unspecified atom stereocenters. The summed E-state index contributed by atoms with van der Waals surface area (Å²) in [5.41, 5.74) is 5.01. The molecule has 10 heteroatoms. The number of sulfonamides is 1. The van der Waals surface area contributed by atoms with Gasteiger partial charge in [-0.3, -0.25) is 4.79 Å². The smallest absolute Gasteiger partial charge is 0.255 e. The molecule has 1 saturated heterocycles. The van der Waals surface area contributed by atoms with E-state index in [0.717, 1.165) is 19.4 Å². The Hall–Kier alpha value is -1.06. The molecule has 1 aromatic rings. The van der Waals surface area contributed by atoms with E-state index in [1.54, 1.807) is 0 Å². The molecule has 0 spiro atoms. The van der Waals surface area contributed by atoms with Crippen molar-refractivity contribution in [2.75, 3.05) is 19.7 Å². The summed E-state index contributed by atoms with van der Waals surface area (Å²) in [6.45, 7) is 0.759. The second-order valence-corrected chi connectivity index (χ2v) is 7.16.